The summed E-state index contributed by atoms with van der Waals surface area (Å²) in [6, 6.07) is 23.2. The van der Waals surface area contributed by atoms with Crippen molar-refractivity contribution in [3.8, 4) is 5.82 Å². The number of rotatable bonds is 7. The van der Waals surface area contributed by atoms with Crippen molar-refractivity contribution in [2.45, 2.75) is 32.4 Å². The summed E-state index contributed by atoms with van der Waals surface area (Å²) in [7, 11) is 0. The Bertz CT molecular complexity index is 1360. The fourth-order valence-corrected chi connectivity index (χ4v) is 5.21. The summed E-state index contributed by atoms with van der Waals surface area (Å²) in [4.78, 5) is 24.1. The van der Waals surface area contributed by atoms with Crippen LogP contribution in [0.4, 0.5) is 5.69 Å². The van der Waals surface area contributed by atoms with Gasteiger partial charge in [0.2, 0.25) is 5.91 Å². The molecule has 0 spiro atoms. The molecule has 5 rings (SSSR count). The summed E-state index contributed by atoms with van der Waals surface area (Å²) in [6.45, 7) is 4.67. The molecule has 182 valence electrons. The van der Waals surface area contributed by atoms with Crippen LogP contribution in [0.5, 0.6) is 0 Å². The second kappa shape index (κ2) is 10.3. The lowest BCUT2D eigenvalue weighted by atomic mass is 9.96. The summed E-state index contributed by atoms with van der Waals surface area (Å²) in [5, 5.41) is 7.06. The molecule has 7 nitrogen and oxygen atoms in total. The molecule has 1 amide bonds. The van der Waals surface area contributed by atoms with E-state index in [0.717, 1.165) is 34.2 Å². The molecule has 3 aromatic heterocycles. The largest absolute Gasteiger partial charge is 0.352 e. The van der Waals surface area contributed by atoms with Crippen LogP contribution in [0, 0.1) is 13.8 Å². The number of carbonyl (C=O) groups excluding carboxylic acids is 1. The molecule has 0 bridgehead atoms. The molecular weight excluding hydrogens is 468 g/mol. The zero-order valence-corrected chi connectivity index (χ0v) is 21.1. The highest BCUT2D eigenvalue weighted by molar-refractivity contribution is 7.80. The van der Waals surface area contributed by atoms with E-state index in [0.29, 0.717) is 18.1 Å². The number of pyridine rings is 2. The number of carbonyl (C=O) groups is 1. The van der Waals surface area contributed by atoms with Gasteiger partial charge in [0.05, 0.1) is 17.8 Å². The van der Waals surface area contributed by atoms with Gasteiger partial charge >= 0.3 is 0 Å². The number of aryl methyl sites for hydroxylation is 1. The van der Waals surface area contributed by atoms with Crippen molar-refractivity contribution in [1.29, 1.82) is 0 Å². The molecule has 1 aliphatic rings. The lowest BCUT2D eigenvalue weighted by molar-refractivity contribution is -0.116. The first kappa shape index (κ1) is 23.7. The Hall–Kier alpha value is -4.04. The summed E-state index contributed by atoms with van der Waals surface area (Å²) in [5.41, 5.74) is 4.99. The minimum atomic E-state index is -0.145. The molecule has 8 heteroatoms. The van der Waals surface area contributed by atoms with Crippen LogP contribution >= 0.6 is 12.2 Å². The number of hydrogen-bond acceptors (Lipinski definition) is 4. The Morgan fingerprint density at radius 3 is 2.42 bits per heavy atom. The highest BCUT2D eigenvalue weighted by Gasteiger charge is 2.41. The minimum Gasteiger partial charge on any atom is -0.352 e. The number of hydrogen-bond donors (Lipinski definition) is 2. The van der Waals surface area contributed by atoms with E-state index in [-0.39, 0.29) is 18.0 Å². The molecule has 4 aromatic rings. The Kier molecular flexibility index (Phi) is 6.77. The normalized spacial score (nSPS) is 17.2. The van der Waals surface area contributed by atoms with Crippen molar-refractivity contribution < 1.29 is 4.79 Å². The van der Waals surface area contributed by atoms with E-state index in [4.69, 9.17) is 12.2 Å². The van der Waals surface area contributed by atoms with Crippen LogP contribution in [0.1, 0.15) is 41.1 Å². The molecule has 2 N–H and O–H groups in total. The maximum atomic E-state index is 12.8. The number of aromatic nitrogens is 3. The monoisotopic (exact) mass is 496 g/mol. The lowest BCUT2D eigenvalue weighted by Gasteiger charge is -2.28. The van der Waals surface area contributed by atoms with Crippen molar-refractivity contribution in [2.75, 3.05) is 11.9 Å². The summed E-state index contributed by atoms with van der Waals surface area (Å²) in [6.07, 6.45) is 3.90. The smallest absolute Gasteiger partial charge is 0.226 e. The van der Waals surface area contributed by atoms with E-state index in [1.165, 1.54) is 0 Å². The fraction of sp³-hybridized carbons (Fsp3) is 0.214. The second-order valence-electron chi connectivity index (χ2n) is 8.83. The third-order valence-electron chi connectivity index (χ3n) is 6.50. The maximum absolute atomic E-state index is 12.8. The number of para-hydroxylation sites is 1. The van der Waals surface area contributed by atoms with E-state index in [9.17, 15) is 4.79 Å². The van der Waals surface area contributed by atoms with Crippen LogP contribution < -0.4 is 10.6 Å². The van der Waals surface area contributed by atoms with Gasteiger partial charge in [-0.2, -0.15) is 0 Å². The van der Waals surface area contributed by atoms with Gasteiger partial charge in [-0.1, -0.05) is 30.3 Å². The van der Waals surface area contributed by atoms with E-state index in [1.54, 1.807) is 12.4 Å². The molecule has 0 saturated carbocycles. The molecule has 1 fully saturated rings. The summed E-state index contributed by atoms with van der Waals surface area (Å²) >= 11 is 5.79. The second-order valence-corrected chi connectivity index (χ2v) is 9.22. The van der Waals surface area contributed by atoms with Crippen molar-refractivity contribution in [3.63, 3.8) is 0 Å². The van der Waals surface area contributed by atoms with Gasteiger partial charge in [-0.3, -0.25) is 9.78 Å². The van der Waals surface area contributed by atoms with Gasteiger partial charge in [0.15, 0.2) is 5.11 Å². The molecule has 0 unspecified atom stereocenters. The quantitative estimate of drug-likeness (QED) is 0.355. The van der Waals surface area contributed by atoms with Gasteiger partial charge < -0.3 is 20.1 Å². The number of thiocarbonyl (C=S) groups is 1. The van der Waals surface area contributed by atoms with Crippen molar-refractivity contribution in [3.05, 3.63) is 108 Å². The Balaban J connectivity index is 1.47. The topological polar surface area (TPSA) is 75.1 Å². The van der Waals surface area contributed by atoms with Crippen molar-refractivity contribution in [2.24, 2.45) is 0 Å². The van der Waals surface area contributed by atoms with Gasteiger partial charge in [0.1, 0.15) is 5.82 Å². The summed E-state index contributed by atoms with van der Waals surface area (Å²) < 4.78 is 2.16. The first-order valence-corrected chi connectivity index (χ1v) is 12.4. The zero-order valence-electron chi connectivity index (χ0n) is 20.3. The van der Waals surface area contributed by atoms with Crippen LogP contribution in [0.3, 0.4) is 0 Å². The van der Waals surface area contributed by atoms with E-state index >= 15 is 0 Å². The van der Waals surface area contributed by atoms with Crippen LogP contribution in [0.2, 0.25) is 0 Å². The molecule has 4 heterocycles. The number of benzene rings is 1. The van der Waals surface area contributed by atoms with E-state index in [1.807, 2.05) is 66.7 Å². The number of anilines is 1. The molecule has 1 saturated heterocycles. The van der Waals surface area contributed by atoms with Crippen LogP contribution in [0.15, 0.2) is 85.2 Å². The predicted molar refractivity (Wildman–Crippen MR) is 145 cm³/mol. The van der Waals surface area contributed by atoms with Gasteiger partial charge in [0.25, 0.3) is 0 Å². The first-order valence-electron chi connectivity index (χ1n) is 12.0. The molecule has 1 aromatic carbocycles. The zero-order chi connectivity index (χ0) is 25.1. The van der Waals surface area contributed by atoms with Gasteiger partial charge in [0, 0.05) is 42.4 Å². The van der Waals surface area contributed by atoms with Gasteiger partial charge in [-0.25, -0.2) is 4.98 Å². The average Bonchev–Trinajstić information content (AvgIpc) is 3.38. The fourth-order valence-electron chi connectivity index (χ4n) is 4.88. The van der Waals surface area contributed by atoms with E-state index in [2.05, 4.69) is 50.0 Å². The van der Waals surface area contributed by atoms with Crippen molar-refractivity contribution in [1.82, 2.24) is 24.8 Å². The minimum absolute atomic E-state index is 0.0528. The standard InChI is InChI=1S/C28H28N6OS/c1-19-18-22(20(2)34(19)24-13-7-9-16-30-24)27-26(23-12-6-8-15-29-23)32-28(36)33(27)17-14-25(35)31-21-10-4-3-5-11-21/h3-13,15-16,18,26-27H,14,17H2,1-2H3,(H,31,35)(H,32,36)/t26-,27-/m0/s1. The molecule has 0 aliphatic carbocycles. The Morgan fingerprint density at radius 1 is 1.00 bits per heavy atom. The van der Waals surface area contributed by atoms with E-state index < -0.39 is 0 Å². The number of nitrogens with zero attached hydrogens (tertiary/aromatic N) is 4. The average molecular weight is 497 g/mol. The van der Waals surface area contributed by atoms with Gasteiger partial charge in [-0.05, 0) is 74.1 Å². The third kappa shape index (κ3) is 4.72. The Labute approximate surface area is 216 Å². The van der Waals surface area contributed by atoms with Gasteiger partial charge in [-0.15, -0.1) is 0 Å². The molecule has 1 aliphatic heterocycles. The lowest BCUT2D eigenvalue weighted by Crippen LogP contribution is -2.32. The number of amides is 1. The molecule has 0 radical (unpaired) electrons. The first-order chi connectivity index (χ1) is 17.5. The SMILES string of the molecule is Cc1cc([C@H]2[C@H](c3ccccn3)NC(=S)N2CCC(=O)Nc2ccccc2)c(C)n1-c1ccccn1. The predicted octanol–water partition coefficient (Wildman–Crippen LogP) is 4.89. The summed E-state index contributed by atoms with van der Waals surface area (Å²) in [5.74, 6) is 0.818. The van der Waals surface area contributed by atoms with Crippen LogP contribution in [-0.4, -0.2) is 37.0 Å². The third-order valence-corrected chi connectivity index (χ3v) is 6.85. The molecule has 36 heavy (non-hydrogen) atoms. The molecule has 2 atom stereocenters. The van der Waals surface area contributed by atoms with Crippen molar-refractivity contribution >= 4 is 28.9 Å². The molecular formula is C28H28N6OS. The van der Waals surface area contributed by atoms with Crippen LogP contribution in [-0.2, 0) is 4.79 Å². The highest BCUT2D eigenvalue weighted by Crippen LogP contribution is 2.41. The number of nitrogens with one attached hydrogen (secondary N) is 2. The Morgan fingerprint density at radius 2 is 1.72 bits per heavy atom. The van der Waals surface area contributed by atoms with Crippen LogP contribution in [0.25, 0.3) is 5.82 Å². The maximum Gasteiger partial charge on any atom is 0.226 e. The highest BCUT2D eigenvalue weighted by atomic mass is 32.1.